The van der Waals surface area contributed by atoms with E-state index < -0.39 is 11.7 Å². The van der Waals surface area contributed by atoms with Gasteiger partial charge < -0.3 is 4.74 Å². The van der Waals surface area contributed by atoms with Crippen molar-refractivity contribution >= 4 is 12.0 Å². The van der Waals surface area contributed by atoms with Crippen LogP contribution in [0.25, 0.3) is 0 Å². The Bertz CT molecular complexity index is 357. The maximum atomic E-state index is 12.3. The van der Waals surface area contributed by atoms with Gasteiger partial charge in [0.1, 0.15) is 5.60 Å². The second-order valence-electron chi connectivity index (χ2n) is 6.36. The lowest BCUT2D eigenvalue weighted by Gasteiger charge is -2.30. The Morgan fingerprint density at radius 1 is 1.45 bits per heavy atom. The number of ether oxygens (including phenoxy) is 1. The number of likely N-dealkylation sites (tertiary alicyclic amines) is 1. The zero-order valence-electron chi connectivity index (χ0n) is 13.0. The predicted octanol–water partition coefficient (Wildman–Crippen LogP) is 4.05. The average molecular weight is 281 g/mol. The number of carbonyl (C=O) groups is 2. The second-order valence-corrected chi connectivity index (χ2v) is 6.36. The molecule has 0 bridgehead atoms. The van der Waals surface area contributed by atoms with Crippen LogP contribution in [0.4, 0.5) is 4.79 Å². The molecule has 1 atom stereocenters. The topological polar surface area (TPSA) is 46.6 Å². The zero-order chi connectivity index (χ0) is 15.2. The maximum Gasteiger partial charge on any atom is 0.417 e. The molecule has 114 valence electrons. The van der Waals surface area contributed by atoms with E-state index in [2.05, 4.69) is 6.58 Å². The van der Waals surface area contributed by atoms with Crippen molar-refractivity contribution < 1.29 is 14.3 Å². The van der Waals surface area contributed by atoms with Crippen LogP contribution in [0, 0.1) is 0 Å². The monoisotopic (exact) mass is 281 g/mol. The van der Waals surface area contributed by atoms with E-state index in [0.29, 0.717) is 6.42 Å². The first-order valence-corrected chi connectivity index (χ1v) is 7.51. The summed E-state index contributed by atoms with van der Waals surface area (Å²) in [6.45, 7) is 9.17. The molecule has 0 N–H and O–H groups in total. The van der Waals surface area contributed by atoms with Gasteiger partial charge in [0.05, 0.1) is 0 Å². The Hall–Kier alpha value is -1.32. The van der Waals surface area contributed by atoms with Crippen molar-refractivity contribution in [3.63, 3.8) is 0 Å². The molecule has 20 heavy (non-hydrogen) atoms. The van der Waals surface area contributed by atoms with Crippen molar-refractivity contribution in [2.75, 3.05) is 0 Å². The minimum atomic E-state index is -0.574. The smallest absolute Gasteiger partial charge is 0.417 e. The van der Waals surface area contributed by atoms with E-state index in [0.717, 1.165) is 38.5 Å². The fourth-order valence-corrected chi connectivity index (χ4v) is 2.44. The fourth-order valence-electron chi connectivity index (χ4n) is 2.44. The molecule has 0 radical (unpaired) electrons. The lowest BCUT2D eigenvalue weighted by Crippen LogP contribution is -2.46. The third-order valence-electron chi connectivity index (χ3n) is 3.35. The first-order chi connectivity index (χ1) is 9.35. The van der Waals surface area contributed by atoms with Crippen molar-refractivity contribution in [1.29, 1.82) is 0 Å². The molecule has 0 aliphatic carbocycles. The summed E-state index contributed by atoms with van der Waals surface area (Å²) < 4.78 is 5.39. The van der Waals surface area contributed by atoms with E-state index in [1.807, 2.05) is 26.8 Å². The quantitative estimate of drug-likeness (QED) is 0.577. The molecule has 1 aliphatic rings. The van der Waals surface area contributed by atoms with E-state index in [9.17, 15) is 9.59 Å². The molecule has 4 heteroatoms. The lowest BCUT2D eigenvalue weighted by atomic mass is 10.0. The number of carbonyl (C=O) groups excluding carboxylic acids is 2. The summed E-state index contributed by atoms with van der Waals surface area (Å²) in [5, 5.41) is 0. The van der Waals surface area contributed by atoms with Gasteiger partial charge in [-0.2, -0.15) is 0 Å². The Morgan fingerprint density at radius 2 is 2.15 bits per heavy atom. The molecule has 0 aromatic rings. The zero-order valence-corrected chi connectivity index (χ0v) is 13.0. The molecule has 4 nitrogen and oxygen atoms in total. The number of nitrogens with zero attached hydrogens (tertiary/aromatic N) is 1. The molecule has 1 fully saturated rings. The molecule has 0 aromatic carbocycles. The van der Waals surface area contributed by atoms with E-state index in [1.54, 1.807) is 0 Å². The molecular weight excluding hydrogens is 254 g/mol. The van der Waals surface area contributed by atoms with Gasteiger partial charge in [0.25, 0.3) is 0 Å². The Kier molecular flexibility index (Phi) is 6.24. The van der Waals surface area contributed by atoms with Crippen LogP contribution in [0.1, 0.15) is 65.7 Å². The SMILES string of the molecule is C=CCCC[C@H]1CCCCC(=O)N1C(=O)OC(C)(C)C. The summed E-state index contributed by atoms with van der Waals surface area (Å²) >= 11 is 0. The van der Waals surface area contributed by atoms with Crippen molar-refractivity contribution in [2.45, 2.75) is 77.4 Å². The lowest BCUT2D eigenvalue weighted by molar-refractivity contribution is -0.132. The summed E-state index contributed by atoms with van der Waals surface area (Å²) in [5.41, 5.74) is -0.574. The molecule has 0 spiro atoms. The molecule has 1 saturated heterocycles. The normalized spacial score (nSPS) is 20.4. The van der Waals surface area contributed by atoms with E-state index >= 15 is 0 Å². The molecule has 0 saturated carbocycles. The van der Waals surface area contributed by atoms with Crippen LogP contribution in [0.5, 0.6) is 0 Å². The Labute approximate surface area is 122 Å². The minimum Gasteiger partial charge on any atom is -0.443 e. The van der Waals surface area contributed by atoms with Gasteiger partial charge in [-0.05, 0) is 52.9 Å². The fraction of sp³-hybridized carbons (Fsp3) is 0.750. The van der Waals surface area contributed by atoms with Gasteiger partial charge in [0, 0.05) is 12.5 Å². The standard InChI is InChI=1S/C16H27NO3/c1-5-6-7-10-13-11-8-9-12-14(18)17(13)15(19)20-16(2,3)4/h5,13H,1,6-12H2,2-4H3/t13-/m0/s1. The van der Waals surface area contributed by atoms with Gasteiger partial charge in [0.15, 0.2) is 0 Å². The van der Waals surface area contributed by atoms with Crippen LogP contribution in [-0.4, -0.2) is 28.5 Å². The van der Waals surface area contributed by atoms with Gasteiger partial charge in [0.2, 0.25) is 5.91 Å². The summed E-state index contributed by atoms with van der Waals surface area (Å²) in [6, 6.07) is -0.0280. The third-order valence-corrected chi connectivity index (χ3v) is 3.35. The highest BCUT2D eigenvalue weighted by Gasteiger charge is 2.34. The molecular formula is C16H27NO3. The van der Waals surface area contributed by atoms with Crippen molar-refractivity contribution in [3.8, 4) is 0 Å². The average Bonchev–Trinajstić information content (AvgIpc) is 2.49. The van der Waals surface area contributed by atoms with Gasteiger partial charge in [-0.3, -0.25) is 4.79 Å². The van der Waals surface area contributed by atoms with E-state index in [1.165, 1.54) is 4.90 Å². The van der Waals surface area contributed by atoms with Gasteiger partial charge >= 0.3 is 6.09 Å². The minimum absolute atomic E-state index is 0.0280. The Balaban J connectivity index is 2.78. The molecule has 1 aliphatic heterocycles. The van der Waals surface area contributed by atoms with Crippen LogP contribution in [0.15, 0.2) is 12.7 Å². The number of allylic oxidation sites excluding steroid dienone is 1. The van der Waals surface area contributed by atoms with Crippen molar-refractivity contribution in [1.82, 2.24) is 4.90 Å². The number of unbranched alkanes of at least 4 members (excludes halogenated alkanes) is 1. The number of rotatable bonds is 4. The number of amides is 2. The van der Waals surface area contributed by atoms with Crippen molar-refractivity contribution in [3.05, 3.63) is 12.7 Å². The van der Waals surface area contributed by atoms with Crippen molar-refractivity contribution in [2.24, 2.45) is 0 Å². The number of imide groups is 1. The summed E-state index contributed by atoms with van der Waals surface area (Å²) in [4.78, 5) is 25.8. The number of hydrogen-bond donors (Lipinski definition) is 0. The van der Waals surface area contributed by atoms with Gasteiger partial charge in [-0.1, -0.05) is 12.5 Å². The van der Waals surface area contributed by atoms with Crippen LogP contribution in [0.3, 0.4) is 0 Å². The predicted molar refractivity (Wildman–Crippen MR) is 79.4 cm³/mol. The summed E-state index contributed by atoms with van der Waals surface area (Å²) in [7, 11) is 0. The highest BCUT2D eigenvalue weighted by Crippen LogP contribution is 2.24. The number of hydrogen-bond acceptors (Lipinski definition) is 3. The van der Waals surface area contributed by atoms with Crippen LogP contribution < -0.4 is 0 Å². The molecule has 0 aromatic heterocycles. The van der Waals surface area contributed by atoms with E-state index in [4.69, 9.17) is 4.74 Å². The molecule has 2 amide bonds. The maximum absolute atomic E-state index is 12.3. The molecule has 1 rings (SSSR count). The highest BCUT2D eigenvalue weighted by atomic mass is 16.6. The second kappa shape index (κ2) is 7.46. The van der Waals surface area contributed by atoms with Gasteiger partial charge in [-0.25, -0.2) is 9.69 Å². The van der Waals surface area contributed by atoms with Gasteiger partial charge in [-0.15, -0.1) is 6.58 Å². The largest absolute Gasteiger partial charge is 0.443 e. The van der Waals surface area contributed by atoms with Crippen LogP contribution in [-0.2, 0) is 9.53 Å². The van der Waals surface area contributed by atoms with Crippen LogP contribution in [0.2, 0.25) is 0 Å². The third kappa shape index (κ3) is 5.35. The molecule has 1 heterocycles. The Morgan fingerprint density at radius 3 is 2.75 bits per heavy atom. The highest BCUT2D eigenvalue weighted by molar-refractivity contribution is 5.92. The first-order valence-electron chi connectivity index (χ1n) is 7.51. The first kappa shape index (κ1) is 16.7. The van der Waals surface area contributed by atoms with Crippen LogP contribution >= 0.6 is 0 Å². The summed E-state index contributed by atoms with van der Waals surface area (Å²) in [6.07, 6.45) is 7.23. The van der Waals surface area contributed by atoms with E-state index in [-0.39, 0.29) is 11.9 Å². The molecule has 0 unspecified atom stereocenters. The summed E-state index contributed by atoms with van der Waals surface area (Å²) in [5.74, 6) is -0.0969.